The number of nitrogens with one attached hydrogen (secondary N) is 1. The van der Waals surface area contributed by atoms with Crippen molar-refractivity contribution in [3.8, 4) is 5.75 Å². The molecule has 7 heteroatoms. The van der Waals surface area contributed by atoms with Crippen LogP contribution in [0.3, 0.4) is 0 Å². The van der Waals surface area contributed by atoms with Gasteiger partial charge in [0, 0.05) is 24.3 Å². The van der Waals surface area contributed by atoms with Crippen LogP contribution in [0.4, 0.5) is 5.69 Å². The zero-order chi connectivity index (χ0) is 19.8. The van der Waals surface area contributed by atoms with Gasteiger partial charge in [0.25, 0.3) is 0 Å². The highest BCUT2D eigenvalue weighted by Gasteiger charge is 2.15. The van der Waals surface area contributed by atoms with Crippen LogP contribution in [-0.2, 0) is 16.1 Å². The molecule has 0 bridgehead atoms. The highest BCUT2D eigenvalue weighted by molar-refractivity contribution is 6.30. The number of anilines is 1. The largest absolute Gasteiger partial charge is 0.497 e. The maximum atomic E-state index is 12.4. The lowest BCUT2D eigenvalue weighted by Gasteiger charge is -2.22. The number of likely N-dealkylation sites (N-methyl/N-ethyl adjacent to an activating group) is 2. The van der Waals surface area contributed by atoms with Gasteiger partial charge in [0.15, 0.2) is 0 Å². The van der Waals surface area contributed by atoms with Gasteiger partial charge in [0.05, 0.1) is 20.2 Å². The van der Waals surface area contributed by atoms with Crippen LogP contribution in [0.25, 0.3) is 0 Å². The molecule has 0 aliphatic heterocycles. The summed E-state index contributed by atoms with van der Waals surface area (Å²) in [5.41, 5.74) is 1.64. The van der Waals surface area contributed by atoms with Gasteiger partial charge < -0.3 is 15.0 Å². The van der Waals surface area contributed by atoms with Crippen molar-refractivity contribution in [2.24, 2.45) is 0 Å². The van der Waals surface area contributed by atoms with E-state index < -0.39 is 0 Å². The summed E-state index contributed by atoms with van der Waals surface area (Å²) in [6, 6.07) is 14.5. The minimum Gasteiger partial charge on any atom is -0.497 e. The molecule has 0 fully saturated rings. The smallest absolute Gasteiger partial charge is 0.238 e. The van der Waals surface area contributed by atoms with Crippen molar-refractivity contribution in [2.45, 2.75) is 6.54 Å². The second-order valence-corrected chi connectivity index (χ2v) is 6.77. The topological polar surface area (TPSA) is 61.9 Å². The number of benzene rings is 2. The Hall–Kier alpha value is -2.57. The van der Waals surface area contributed by atoms with Gasteiger partial charge >= 0.3 is 0 Å². The summed E-state index contributed by atoms with van der Waals surface area (Å²) in [5, 5.41) is 3.44. The third kappa shape index (κ3) is 6.92. The van der Waals surface area contributed by atoms with E-state index in [4.69, 9.17) is 16.3 Å². The van der Waals surface area contributed by atoms with Crippen molar-refractivity contribution in [3.63, 3.8) is 0 Å². The quantitative estimate of drug-likeness (QED) is 0.754. The number of halogens is 1. The first kappa shape index (κ1) is 20.7. The molecule has 0 aromatic heterocycles. The Morgan fingerprint density at radius 3 is 2.41 bits per heavy atom. The molecule has 0 heterocycles. The van der Waals surface area contributed by atoms with Crippen LogP contribution in [0, 0.1) is 0 Å². The lowest BCUT2D eigenvalue weighted by atomic mass is 10.2. The molecule has 27 heavy (non-hydrogen) atoms. The highest BCUT2D eigenvalue weighted by atomic mass is 35.5. The van der Waals surface area contributed by atoms with E-state index in [1.54, 1.807) is 61.3 Å². The van der Waals surface area contributed by atoms with Crippen molar-refractivity contribution in [3.05, 3.63) is 59.1 Å². The van der Waals surface area contributed by atoms with Crippen LogP contribution in [-0.4, -0.2) is 55.9 Å². The van der Waals surface area contributed by atoms with Crippen molar-refractivity contribution < 1.29 is 14.3 Å². The van der Waals surface area contributed by atoms with Gasteiger partial charge in [0.2, 0.25) is 11.8 Å². The average Bonchev–Trinajstić information content (AvgIpc) is 2.62. The number of amides is 2. The molecule has 2 amide bonds. The standard InChI is InChI=1S/C20H24ClN3O3/c1-23(13-19(25)22-17-7-9-18(27-3)10-8-17)14-20(26)24(2)12-15-5-4-6-16(21)11-15/h4-11H,12-14H2,1-3H3,(H,22,25). The van der Waals surface area contributed by atoms with Crippen LogP contribution in [0.5, 0.6) is 5.75 Å². The number of rotatable bonds is 8. The fraction of sp³-hybridized carbons (Fsp3) is 0.300. The fourth-order valence-corrected chi connectivity index (χ4v) is 2.74. The molecule has 0 unspecified atom stereocenters. The molecule has 2 aromatic carbocycles. The van der Waals surface area contributed by atoms with E-state index in [-0.39, 0.29) is 24.9 Å². The van der Waals surface area contributed by atoms with Gasteiger partial charge in [-0.25, -0.2) is 0 Å². The summed E-state index contributed by atoms with van der Waals surface area (Å²) < 4.78 is 5.08. The summed E-state index contributed by atoms with van der Waals surface area (Å²) in [7, 11) is 5.05. The van der Waals surface area contributed by atoms with Crippen molar-refractivity contribution >= 4 is 29.1 Å². The van der Waals surface area contributed by atoms with Crippen molar-refractivity contribution in [2.75, 3.05) is 39.6 Å². The number of nitrogens with zero attached hydrogens (tertiary/aromatic N) is 2. The van der Waals surface area contributed by atoms with E-state index in [2.05, 4.69) is 5.32 Å². The Balaban J connectivity index is 1.79. The SMILES string of the molecule is COc1ccc(NC(=O)CN(C)CC(=O)N(C)Cc2cccc(Cl)c2)cc1. The molecule has 6 nitrogen and oxygen atoms in total. The second-order valence-electron chi connectivity index (χ2n) is 6.33. The summed E-state index contributed by atoms with van der Waals surface area (Å²) in [5.74, 6) is 0.459. The summed E-state index contributed by atoms with van der Waals surface area (Å²) in [6.45, 7) is 0.723. The maximum Gasteiger partial charge on any atom is 0.238 e. The molecule has 144 valence electrons. The molecule has 0 aliphatic carbocycles. The Kier molecular flexibility index (Phi) is 7.64. The predicted molar refractivity (Wildman–Crippen MR) is 107 cm³/mol. The number of methoxy groups -OCH3 is 1. The molecule has 1 N–H and O–H groups in total. The third-order valence-electron chi connectivity index (χ3n) is 3.93. The molecule has 0 saturated heterocycles. The van der Waals surface area contributed by atoms with Gasteiger partial charge in [-0.2, -0.15) is 0 Å². The van der Waals surface area contributed by atoms with Crippen LogP contribution < -0.4 is 10.1 Å². The summed E-state index contributed by atoms with van der Waals surface area (Å²) in [6.07, 6.45) is 0. The number of carbonyl (C=O) groups excluding carboxylic acids is 2. The second kappa shape index (κ2) is 9.94. The molecule has 2 aromatic rings. The molecule has 2 rings (SSSR count). The first-order valence-corrected chi connectivity index (χ1v) is 8.86. The van der Waals surface area contributed by atoms with E-state index in [9.17, 15) is 9.59 Å². The van der Waals surface area contributed by atoms with E-state index >= 15 is 0 Å². The lowest BCUT2D eigenvalue weighted by molar-refractivity contribution is -0.131. The highest BCUT2D eigenvalue weighted by Crippen LogP contribution is 2.15. The van der Waals surface area contributed by atoms with E-state index in [0.717, 1.165) is 11.3 Å². The number of hydrogen-bond donors (Lipinski definition) is 1. The first-order valence-electron chi connectivity index (χ1n) is 8.48. The predicted octanol–water partition coefficient (Wildman–Crippen LogP) is 2.88. The molecule has 0 atom stereocenters. The Labute approximate surface area is 164 Å². The Morgan fingerprint density at radius 2 is 1.78 bits per heavy atom. The van der Waals surface area contributed by atoms with E-state index in [1.807, 2.05) is 18.2 Å². The Morgan fingerprint density at radius 1 is 1.07 bits per heavy atom. The third-order valence-corrected chi connectivity index (χ3v) is 4.16. The first-order chi connectivity index (χ1) is 12.9. The van der Waals surface area contributed by atoms with Gasteiger partial charge in [-0.15, -0.1) is 0 Å². The minimum absolute atomic E-state index is 0.0743. The lowest BCUT2D eigenvalue weighted by Crippen LogP contribution is -2.39. The van der Waals surface area contributed by atoms with Gasteiger partial charge in [-0.05, 0) is 49.0 Å². The normalized spacial score (nSPS) is 10.6. The monoisotopic (exact) mass is 389 g/mol. The van der Waals surface area contributed by atoms with Gasteiger partial charge in [-0.1, -0.05) is 23.7 Å². The number of hydrogen-bond acceptors (Lipinski definition) is 4. The summed E-state index contributed by atoms with van der Waals surface area (Å²) >= 11 is 5.97. The zero-order valence-electron chi connectivity index (χ0n) is 15.7. The molecule has 0 spiro atoms. The zero-order valence-corrected chi connectivity index (χ0v) is 16.5. The van der Waals surface area contributed by atoms with Gasteiger partial charge in [0.1, 0.15) is 5.75 Å². The molecule has 0 saturated carbocycles. The minimum atomic E-state index is -0.187. The molecular formula is C20H24ClN3O3. The van der Waals surface area contributed by atoms with Crippen LogP contribution >= 0.6 is 11.6 Å². The van der Waals surface area contributed by atoms with Crippen LogP contribution in [0.1, 0.15) is 5.56 Å². The van der Waals surface area contributed by atoms with Crippen molar-refractivity contribution in [1.29, 1.82) is 0 Å². The molecular weight excluding hydrogens is 366 g/mol. The van der Waals surface area contributed by atoms with Crippen LogP contribution in [0.2, 0.25) is 5.02 Å². The molecule has 0 radical (unpaired) electrons. The Bertz CT molecular complexity index is 780. The number of carbonyl (C=O) groups is 2. The molecule has 0 aliphatic rings. The average molecular weight is 390 g/mol. The fourth-order valence-electron chi connectivity index (χ4n) is 2.52. The van der Waals surface area contributed by atoms with Crippen LogP contribution in [0.15, 0.2) is 48.5 Å². The van der Waals surface area contributed by atoms with Gasteiger partial charge in [-0.3, -0.25) is 14.5 Å². The van der Waals surface area contributed by atoms with Crippen molar-refractivity contribution in [1.82, 2.24) is 9.80 Å². The van der Waals surface area contributed by atoms with E-state index in [1.165, 1.54) is 0 Å². The van der Waals surface area contributed by atoms with E-state index in [0.29, 0.717) is 17.3 Å². The number of ether oxygens (including phenoxy) is 1. The summed E-state index contributed by atoms with van der Waals surface area (Å²) in [4.78, 5) is 27.8. The maximum absolute atomic E-state index is 12.4.